The van der Waals surface area contributed by atoms with Gasteiger partial charge in [0.25, 0.3) is 0 Å². The molecule has 1 saturated heterocycles. The van der Waals surface area contributed by atoms with Crippen molar-refractivity contribution in [3.63, 3.8) is 0 Å². The minimum absolute atomic E-state index is 0. The Hall–Kier alpha value is -2.51. The molecule has 0 atom stereocenters. The molecular formula is C20H21ClF2N2O3. The number of aliphatic carboxylic acids is 1. The number of amides is 1. The van der Waals surface area contributed by atoms with Gasteiger partial charge in [-0.05, 0) is 50.2 Å². The Labute approximate surface area is 167 Å². The maximum Gasteiger partial charge on any atom is 0.310 e. The molecule has 0 saturated carbocycles. The molecule has 5 nitrogen and oxygen atoms in total. The third kappa shape index (κ3) is 4.31. The fraction of sp³-hybridized carbons (Fsp3) is 0.300. The molecule has 28 heavy (non-hydrogen) atoms. The van der Waals surface area contributed by atoms with E-state index >= 15 is 0 Å². The third-order valence-corrected chi connectivity index (χ3v) is 4.94. The number of hydrogen-bond acceptors (Lipinski definition) is 3. The molecule has 1 aliphatic rings. The van der Waals surface area contributed by atoms with E-state index in [1.165, 1.54) is 48.5 Å². The molecule has 1 aliphatic heterocycles. The van der Waals surface area contributed by atoms with Crippen molar-refractivity contribution in [3.8, 4) is 0 Å². The number of nitrogens with zero attached hydrogens (tertiary/aromatic N) is 1. The zero-order valence-electron chi connectivity index (χ0n) is 15.0. The van der Waals surface area contributed by atoms with Gasteiger partial charge in [0.05, 0.1) is 16.8 Å². The molecule has 0 unspecified atom stereocenters. The molecule has 2 N–H and O–H groups in total. The Kier molecular flexibility index (Phi) is 7.10. The summed E-state index contributed by atoms with van der Waals surface area (Å²) in [6.07, 6.45) is 0.208. The highest BCUT2D eigenvalue weighted by molar-refractivity contribution is 6.02. The number of hydrogen-bond donors (Lipinski definition) is 2. The number of anilines is 2. The summed E-state index contributed by atoms with van der Waals surface area (Å²) in [6.45, 7) is 0.942. The van der Waals surface area contributed by atoms with E-state index in [2.05, 4.69) is 5.32 Å². The number of rotatable bonds is 5. The number of para-hydroxylation sites is 2. The van der Waals surface area contributed by atoms with Gasteiger partial charge in [-0.3, -0.25) is 14.5 Å². The monoisotopic (exact) mass is 410 g/mol. The maximum absolute atomic E-state index is 14.4. The molecular weight excluding hydrogens is 390 g/mol. The summed E-state index contributed by atoms with van der Waals surface area (Å²) >= 11 is 0. The second-order valence-corrected chi connectivity index (χ2v) is 6.64. The number of halogens is 3. The van der Waals surface area contributed by atoms with Crippen molar-refractivity contribution >= 4 is 35.7 Å². The Bertz CT molecular complexity index is 811. The molecule has 0 spiro atoms. The van der Waals surface area contributed by atoms with E-state index in [9.17, 15) is 23.5 Å². The number of carbonyl (C=O) groups excluding carboxylic acids is 1. The molecule has 8 heteroatoms. The van der Waals surface area contributed by atoms with Crippen LogP contribution in [0.5, 0.6) is 0 Å². The Balaban J connectivity index is 0.00000280. The van der Waals surface area contributed by atoms with E-state index in [1.807, 2.05) is 0 Å². The quantitative estimate of drug-likeness (QED) is 0.784. The lowest BCUT2D eigenvalue weighted by Crippen LogP contribution is -2.45. The van der Waals surface area contributed by atoms with Crippen molar-refractivity contribution in [3.05, 3.63) is 60.2 Å². The zero-order chi connectivity index (χ0) is 19.4. The van der Waals surface area contributed by atoms with Crippen LogP contribution < -0.4 is 10.2 Å². The van der Waals surface area contributed by atoms with Crippen molar-refractivity contribution in [2.45, 2.75) is 19.3 Å². The summed E-state index contributed by atoms with van der Waals surface area (Å²) in [5.74, 6) is -3.11. The molecule has 0 aliphatic carbocycles. The minimum Gasteiger partial charge on any atom is -0.481 e. The van der Waals surface area contributed by atoms with Crippen molar-refractivity contribution < 1.29 is 23.5 Å². The standard InChI is InChI=1S/C20H20F2N2O3.ClH/c21-14-5-1-3-7-16(14)24(17-8-4-2-6-15(17)22)18(25)13-20(19(26)27)9-11-23-12-10-20;/h1-8,23H,9-13H2,(H,26,27);1H. The third-order valence-electron chi connectivity index (χ3n) is 4.94. The summed E-state index contributed by atoms with van der Waals surface area (Å²) in [5, 5.41) is 12.8. The first-order valence-electron chi connectivity index (χ1n) is 8.71. The SMILES string of the molecule is Cl.O=C(CC1(C(=O)O)CCNCC1)N(c1ccccc1F)c1ccccc1F. The molecule has 1 fully saturated rings. The topological polar surface area (TPSA) is 69.6 Å². The lowest BCUT2D eigenvalue weighted by molar-refractivity contribution is -0.153. The van der Waals surface area contributed by atoms with Crippen LogP contribution in [0.1, 0.15) is 19.3 Å². The predicted molar refractivity (Wildman–Crippen MR) is 104 cm³/mol. The number of piperidine rings is 1. The van der Waals surface area contributed by atoms with Crippen molar-refractivity contribution in [1.29, 1.82) is 0 Å². The summed E-state index contributed by atoms with van der Waals surface area (Å²) in [5.41, 5.74) is -1.47. The van der Waals surface area contributed by atoms with Crippen LogP contribution in [0.25, 0.3) is 0 Å². The van der Waals surface area contributed by atoms with E-state index in [4.69, 9.17) is 0 Å². The van der Waals surface area contributed by atoms with Crippen LogP contribution in [-0.4, -0.2) is 30.1 Å². The van der Waals surface area contributed by atoms with Crippen LogP contribution in [0.4, 0.5) is 20.2 Å². The van der Waals surface area contributed by atoms with Gasteiger partial charge >= 0.3 is 5.97 Å². The predicted octanol–water partition coefficient (Wildman–Crippen LogP) is 3.90. The highest BCUT2D eigenvalue weighted by atomic mass is 35.5. The molecule has 2 aromatic carbocycles. The average molecular weight is 411 g/mol. The molecule has 1 heterocycles. The zero-order valence-corrected chi connectivity index (χ0v) is 15.8. The molecule has 0 aromatic heterocycles. The van der Waals surface area contributed by atoms with Gasteiger partial charge in [-0.25, -0.2) is 8.78 Å². The van der Waals surface area contributed by atoms with E-state index in [0.29, 0.717) is 13.1 Å². The van der Waals surface area contributed by atoms with Gasteiger partial charge in [-0.2, -0.15) is 0 Å². The van der Waals surface area contributed by atoms with Crippen LogP contribution >= 0.6 is 12.4 Å². The maximum atomic E-state index is 14.4. The number of nitrogens with one attached hydrogen (secondary N) is 1. The van der Waals surface area contributed by atoms with Gasteiger partial charge in [0.15, 0.2) is 0 Å². The fourth-order valence-electron chi connectivity index (χ4n) is 3.40. The smallest absolute Gasteiger partial charge is 0.310 e. The first-order chi connectivity index (χ1) is 12.9. The van der Waals surface area contributed by atoms with E-state index in [1.54, 1.807) is 0 Å². The van der Waals surface area contributed by atoms with E-state index in [0.717, 1.165) is 4.90 Å². The number of carbonyl (C=O) groups is 2. The van der Waals surface area contributed by atoms with Crippen molar-refractivity contribution in [2.75, 3.05) is 18.0 Å². The second kappa shape index (κ2) is 9.12. The molecule has 150 valence electrons. The van der Waals surface area contributed by atoms with Gasteiger partial charge in [0, 0.05) is 6.42 Å². The summed E-state index contributed by atoms with van der Waals surface area (Å²) < 4.78 is 28.8. The second-order valence-electron chi connectivity index (χ2n) is 6.64. The molecule has 0 bridgehead atoms. The van der Waals surface area contributed by atoms with Crippen molar-refractivity contribution in [2.24, 2.45) is 5.41 Å². The van der Waals surface area contributed by atoms with Gasteiger partial charge in [0.2, 0.25) is 5.91 Å². The van der Waals surface area contributed by atoms with E-state index in [-0.39, 0.29) is 43.0 Å². The van der Waals surface area contributed by atoms with Crippen LogP contribution in [0.15, 0.2) is 48.5 Å². The first kappa shape index (κ1) is 21.8. The van der Waals surface area contributed by atoms with Crippen LogP contribution in [0.2, 0.25) is 0 Å². The molecule has 2 aromatic rings. The van der Waals surface area contributed by atoms with Gasteiger partial charge in [-0.1, -0.05) is 24.3 Å². The van der Waals surface area contributed by atoms with Crippen LogP contribution in [0.3, 0.4) is 0 Å². The van der Waals surface area contributed by atoms with E-state index < -0.39 is 28.9 Å². The summed E-state index contributed by atoms with van der Waals surface area (Å²) in [7, 11) is 0. The van der Waals surface area contributed by atoms with Crippen LogP contribution in [0, 0.1) is 17.0 Å². The Morgan fingerprint density at radius 1 is 0.964 bits per heavy atom. The highest BCUT2D eigenvalue weighted by Crippen LogP contribution is 2.37. The Morgan fingerprint density at radius 2 is 1.43 bits per heavy atom. The van der Waals surface area contributed by atoms with Gasteiger partial charge in [0.1, 0.15) is 11.6 Å². The fourth-order valence-corrected chi connectivity index (χ4v) is 3.40. The Morgan fingerprint density at radius 3 is 1.86 bits per heavy atom. The highest BCUT2D eigenvalue weighted by Gasteiger charge is 2.43. The van der Waals surface area contributed by atoms with Crippen LogP contribution in [-0.2, 0) is 9.59 Å². The van der Waals surface area contributed by atoms with Gasteiger partial charge < -0.3 is 10.4 Å². The van der Waals surface area contributed by atoms with Crippen molar-refractivity contribution in [1.82, 2.24) is 5.32 Å². The average Bonchev–Trinajstić information content (AvgIpc) is 2.65. The molecule has 1 amide bonds. The summed E-state index contributed by atoms with van der Waals surface area (Å²) in [4.78, 5) is 26.0. The minimum atomic E-state index is -1.25. The number of benzene rings is 2. The largest absolute Gasteiger partial charge is 0.481 e. The molecule has 3 rings (SSSR count). The molecule has 0 radical (unpaired) electrons. The number of carboxylic acid groups (broad SMARTS) is 1. The number of carboxylic acids is 1. The summed E-state index contributed by atoms with van der Waals surface area (Å²) in [6, 6.07) is 11.1. The lowest BCUT2D eigenvalue weighted by atomic mass is 9.75. The lowest BCUT2D eigenvalue weighted by Gasteiger charge is -2.35. The van der Waals surface area contributed by atoms with Gasteiger partial charge in [-0.15, -0.1) is 12.4 Å². The first-order valence-corrected chi connectivity index (χ1v) is 8.71. The normalized spacial score (nSPS) is 15.4.